The van der Waals surface area contributed by atoms with E-state index in [4.69, 9.17) is 21.1 Å². The summed E-state index contributed by atoms with van der Waals surface area (Å²) in [6, 6.07) is 13.3. The normalized spacial score (nSPS) is 14.0. The van der Waals surface area contributed by atoms with Gasteiger partial charge < -0.3 is 24.6 Å². The minimum Gasteiger partial charge on any atom is -0.497 e. The zero-order chi connectivity index (χ0) is 19.2. The molecule has 0 atom stereocenters. The summed E-state index contributed by atoms with van der Waals surface area (Å²) in [5.74, 6) is 1.60. The molecule has 1 heterocycles. The van der Waals surface area contributed by atoms with Crippen molar-refractivity contribution in [1.82, 2.24) is 4.90 Å². The monoisotopic (exact) mass is 389 g/mol. The SMILES string of the molecule is COc1ccc(N2CCN(C(=O)CNc3cc(OC)ccc3Cl)CC2)cc1. The summed E-state index contributed by atoms with van der Waals surface area (Å²) in [4.78, 5) is 16.7. The fraction of sp³-hybridized carbons (Fsp3) is 0.350. The number of amides is 1. The number of halogens is 1. The van der Waals surface area contributed by atoms with E-state index in [-0.39, 0.29) is 12.5 Å². The van der Waals surface area contributed by atoms with Crippen LogP contribution in [0, 0.1) is 0 Å². The number of carbonyl (C=O) groups excluding carboxylic acids is 1. The van der Waals surface area contributed by atoms with Crippen LogP contribution in [-0.4, -0.2) is 57.8 Å². The first kappa shape index (κ1) is 19.2. The Bertz CT molecular complexity index is 775. The molecule has 1 fully saturated rings. The Balaban J connectivity index is 1.51. The lowest BCUT2D eigenvalue weighted by molar-refractivity contribution is -0.129. The molecule has 1 aliphatic heterocycles. The van der Waals surface area contributed by atoms with Crippen LogP contribution in [0.5, 0.6) is 11.5 Å². The van der Waals surface area contributed by atoms with E-state index in [2.05, 4.69) is 10.2 Å². The number of carbonyl (C=O) groups is 1. The highest BCUT2D eigenvalue weighted by atomic mass is 35.5. The third-order valence-corrected chi connectivity index (χ3v) is 5.00. The number of piperazine rings is 1. The van der Waals surface area contributed by atoms with E-state index >= 15 is 0 Å². The van der Waals surface area contributed by atoms with Crippen LogP contribution in [0.1, 0.15) is 0 Å². The van der Waals surface area contributed by atoms with E-state index in [1.165, 1.54) is 0 Å². The van der Waals surface area contributed by atoms with E-state index in [0.717, 1.165) is 24.5 Å². The number of nitrogens with one attached hydrogen (secondary N) is 1. The van der Waals surface area contributed by atoms with Crippen molar-refractivity contribution in [3.05, 3.63) is 47.5 Å². The molecule has 144 valence electrons. The summed E-state index contributed by atoms with van der Waals surface area (Å²) in [5, 5.41) is 3.67. The van der Waals surface area contributed by atoms with Gasteiger partial charge in [-0.05, 0) is 36.4 Å². The van der Waals surface area contributed by atoms with Crippen molar-refractivity contribution in [3.63, 3.8) is 0 Å². The molecule has 1 aliphatic rings. The van der Waals surface area contributed by atoms with Gasteiger partial charge in [-0.1, -0.05) is 11.6 Å². The van der Waals surface area contributed by atoms with Crippen LogP contribution in [0.3, 0.4) is 0 Å². The van der Waals surface area contributed by atoms with E-state index < -0.39 is 0 Å². The van der Waals surface area contributed by atoms with E-state index in [1.54, 1.807) is 32.4 Å². The maximum atomic E-state index is 12.5. The van der Waals surface area contributed by atoms with Crippen LogP contribution >= 0.6 is 11.6 Å². The Morgan fingerprint density at radius 1 is 1.00 bits per heavy atom. The number of methoxy groups -OCH3 is 2. The molecule has 7 heteroatoms. The van der Waals surface area contributed by atoms with Gasteiger partial charge in [0.2, 0.25) is 5.91 Å². The molecule has 1 amide bonds. The number of ether oxygens (including phenoxy) is 2. The zero-order valence-electron chi connectivity index (χ0n) is 15.6. The van der Waals surface area contributed by atoms with Crippen LogP contribution in [0.25, 0.3) is 0 Å². The molecule has 0 aromatic heterocycles. The van der Waals surface area contributed by atoms with Gasteiger partial charge in [0.05, 0.1) is 31.5 Å². The first-order valence-corrected chi connectivity index (χ1v) is 9.22. The van der Waals surface area contributed by atoms with Crippen LogP contribution < -0.4 is 19.7 Å². The van der Waals surface area contributed by atoms with Gasteiger partial charge in [0.1, 0.15) is 11.5 Å². The molecule has 0 spiro atoms. The first-order chi connectivity index (χ1) is 13.1. The molecule has 6 nitrogen and oxygen atoms in total. The molecule has 0 aliphatic carbocycles. The lowest BCUT2D eigenvalue weighted by Crippen LogP contribution is -2.50. The van der Waals surface area contributed by atoms with Crippen molar-refractivity contribution < 1.29 is 14.3 Å². The minimum atomic E-state index is 0.0586. The largest absolute Gasteiger partial charge is 0.497 e. The topological polar surface area (TPSA) is 54.0 Å². The molecule has 0 saturated carbocycles. The molecule has 2 aromatic rings. The average molecular weight is 390 g/mol. The Kier molecular flexibility index (Phi) is 6.29. The van der Waals surface area contributed by atoms with Crippen molar-refractivity contribution in [3.8, 4) is 11.5 Å². The van der Waals surface area contributed by atoms with Crippen molar-refractivity contribution in [2.75, 3.05) is 57.2 Å². The molecule has 0 bridgehead atoms. The van der Waals surface area contributed by atoms with Crippen LogP contribution in [0.15, 0.2) is 42.5 Å². The molecule has 3 rings (SSSR count). The number of rotatable bonds is 6. The van der Waals surface area contributed by atoms with Crippen molar-refractivity contribution >= 4 is 28.9 Å². The van der Waals surface area contributed by atoms with Crippen molar-refractivity contribution in [1.29, 1.82) is 0 Å². The fourth-order valence-electron chi connectivity index (χ4n) is 3.06. The molecule has 27 heavy (non-hydrogen) atoms. The molecule has 1 N–H and O–H groups in total. The van der Waals surface area contributed by atoms with Gasteiger partial charge in [-0.2, -0.15) is 0 Å². The Morgan fingerprint density at radius 3 is 2.26 bits per heavy atom. The number of hydrogen-bond acceptors (Lipinski definition) is 5. The predicted molar refractivity (Wildman–Crippen MR) is 108 cm³/mol. The van der Waals surface area contributed by atoms with Gasteiger partial charge in [0.15, 0.2) is 0 Å². The molecular weight excluding hydrogens is 366 g/mol. The van der Waals surface area contributed by atoms with Gasteiger partial charge in [-0.15, -0.1) is 0 Å². The average Bonchev–Trinajstić information content (AvgIpc) is 2.73. The Labute approximate surface area is 164 Å². The van der Waals surface area contributed by atoms with Gasteiger partial charge in [-0.3, -0.25) is 4.79 Å². The summed E-state index contributed by atoms with van der Waals surface area (Å²) in [6.45, 7) is 3.20. The number of benzene rings is 2. The molecule has 2 aromatic carbocycles. The summed E-state index contributed by atoms with van der Waals surface area (Å²) in [6.07, 6.45) is 0. The molecule has 1 saturated heterocycles. The fourth-order valence-corrected chi connectivity index (χ4v) is 3.24. The third-order valence-electron chi connectivity index (χ3n) is 4.67. The van der Waals surface area contributed by atoms with Gasteiger partial charge in [0, 0.05) is 37.9 Å². The number of nitrogens with zero attached hydrogens (tertiary/aromatic N) is 2. The second-order valence-electron chi connectivity index (χ2n) is 6.27. The molecular formula is C20H24ClN3O3. The standard InChI is InChI=1S/C20H24ClN3O3/c1-26-16-5-3-15(4-6-16)23-9-11-24(12-10-23)20(25)14-22-19-13-17(27-2)7-8-18(19)21/h3-8,13,22H,9-12,14H2,1-2H3. The van der Waals surface area contributed by atoms with Crippen LogP contribution in [-0.2, 0) is 4.79 Å². The highest BCUT2D eigenvalue weighted by molar-refractivity contribution is 6.33. The van der Waals surface area contributed by atoms with E-state index in [9.17, 15) is 4.79 Å². The molecule has 0 unspecified atom stereocenters. The number of hydrogen-bond donors (Lipinski definition) is 1. The van der Waals surface area contributed by atoms with Crippen LogP contribution in [0.4, 0.5) is 11.4 Å². The van der Waals surface area contributed by atoms with Crippen molar-refractivity contribution in [2.24, 2.45) is 0 Å². The highest BCUT2D eigenvalue weighted by Gasteiger charge is 2.21. The third kappa shape index (κ3) is 4.77. The van der Waals surface area contributed by atoms with Gasteiger partial charge in [0.25, 0.3) is 0 Å². The lowest BCUT2D eigenvalue weighted by Gasteiger charge is -2.36. The maximum absolute atomic E-state index is 12.5. The maximum Gasteiger partial charge on any atom is 0.241 e. The van der Waals surface area contributed by atoms with Crippen LogP contribution in [0.2, 0.25) is 5.02 Å². The first-order valence-electron chi connectivity index (χ1n) is 8.85. The second-order valence-corrected chi connectivity index (χ2v) is 6.67. The lowest BCUT2D eigenvalue weighted by atomic mass is 10.2. The minimum absolute atomic E-state index is 0.0586. The smallest absolute Gasteiger partial charge is 0.241 e. The summed E-state index contributed by atoms with van der Waals surface area (Å²) >= 11 is 6.17. The van der Waals surface area contributed by atoms with E-state index in [1.807, 2.05) is 29.2 Å². The predicted octanol–water partition coefficient (Wildman–Crippen LogP) is 3.12. The quantitative estimate of drug-likeness (QED) is 0.822. The highest BCUT2D eigenvalue weighted by Crippen LogP contribution is 2.26. The zero-order valence-corrected chi connectivity index (χ0v) is 16.3. The summed E-state index contributed by atoms with van der Waals surface area (Å²) < 4.78 is 10.4. The Morgan fingerprint density at radius 2 is 1.63 bits per heavy atom. The van der Waals surface area contributed by atoms with Gasteiger partial charge >= 0.3 is 0 Å². The Hall–Kier alpha value is -2.60. The van der Waals surface area contributed by atoms with E-state index in [0.29, 0.717) is 29.5 Å². The second kappa shape index (κ2) is 8.86. The van der Waals surface area contributed by atoms with Crippen molar-refractivity contribution in [2.45, 2.75) is 0 Å². The van der Waals surface area contributed by atoms with Gasteiger partial charge in [-0.25, -0.2) is 0 Å². The number of anilines is 2. The summed E-state index contributed by atoms with van der Waals surface area (Å²) in [5.41, 5.74) is 1.84. The molecule has 0 radical (unpaired) electrons. The summed E-state index contributed by atoms with van der Waals surface area (Å²) in [7, 11) is 3.26.